The fraction of sp³-hybridized carbons (Fsp3) is 0.588. The number of unbranched alkanes of at least 4 members (excludes halogenated alkanes) is 5. The van der Waals surface area contributed by atoms with Crippen LogP contribution < -0.4 is 10.5 Å². The molecular formula is C17H27BrN2O4S. The van der Waals surface area contributed by atoms with Crippen LogP contribution in [0.15, 0.2) is 24.3 Å². The standard InChI is InChI=1S/C17H27BrN2O4S/c18-10-5-3-1-2-4-6-11-25(23,24)20-15-9-7-8-14(12-15)13-16(19)17(21)22/h7-9,12,16,20H,1-6,10-11,13,19H2,(H,21,22). The summed E-state index contributed by atoms with van der Waals surface area (Å²) >= 11 is 3.39. The molecule has 8 heteroatoms. The van der Waals surface area contributed by atoms with Gasteiger partial charge in [0.05, 0.1) is 5.75 Å². The number of carboxylic acids is 1. The molecule has 6 nitrogen and oxygen atoms in total. The zero-order valence-corrected chi connectivity index (χ0v) is 16.7. The third-order valence-electron chi connectivity index (χ3n) is 3.77. The first-order chi connectivity index (χ1) is 11.8. The number of sulfonamides is 1. The van der Waals surface area contributed by atoms with E-state index in [-0.39, 0.29) is 12.2 Å². The molecule has 0 aliphatic heterocycles. The van der Waals surface area contributed by atoms with Gasteiger partial charge < -0.3 is 10.8 Å². The molecule has 1 atom stereocenters. The summed E-state index contributed by atoms with van der Waals surface area (Å²) in [6.07, 6.45) is 6.18. The van der Waals surface area contributed by atoms with Crippen LogP contribution in [0.25, 0.3) is 0 Å². The van der Waals surface area contributed by atoms with E-state index in [2.05, 4.69) is 20.7 Å². The van der Waals surface area contributed by atoms with Gasteiger partial charge in [0.15, 0.2) is 0 Å². The van der Waals surface area contributed by atoms with E-state index in [4.69, 9.17) is 10.8 Å². The fourth-order valence-electron chi connectivity index (χ4n) is 2.43. The molecule has 0 radical (unpaired) electrons. The SMILES string of the molecule is NC(Cc1cccc(NS(=O)(=O)CCCCCCCCBr)c1)C(=O)O. The van der Waals surface area contributed by atoms with Gasteiger partial charge in [0.2, 0.25) is 10.0 Å². The normalized spacial score (nSPS) is 12.7. The van der Waals surface area contributed by atoms with Gasteiger partial charge in [-0.05, 0) is 37.0 Å². The molecule has 0 spiro atoms. The smallest absolute Gasteiger partial charge is 0.320 e. The number of carbonyl (C=O) groups is 1. The highest BCUT2D eigenvalue weighted by atomic mass is 79.9. The monoisotopic (exact) mass is 434 g/mol. The molecule has 0 bridgehead atoms. The second-order valence-corrected chi connectivity index (χ2v) is 8.72. The highest BCUT2D eigenvalue weighted by molar-refractivity contribution is 9.09. The maximum absolute atomic E-state index is 12.1. The molecule has 1 unspecified atom stereocenters. The maximum Gasteiger partial charge on any atom is 0.320 e. The number of aliphatic carboxylic acids is 1. The summed E-state index contributed by atoms with van der Waals surface area (Å²) < 4.78 is 26.8. The molecule has 1 aromatic carbocycles. The summed E-state index contributed by atoms with van der Waals surface area (Å²) in [4.78, 5) is 10.8. The summed E-state index contributed by atoms with van der Waals surface area (Å²) in [5.41, 5.74) is 6.63. The molecule has 0 aromatic heterocycles. The predicted octanol–water partition coefficient (Wildman–Crippen LogP) is 3.12. The largest absolute Gasteiger partial charge is 0.480 e. The van der Waals surface area contributed by atoms with E-state index >= 15 is 0 Å². The van der Waals surface area contributed by atoms with E-state index in [0.29, 0.717) is 17.7 Å². The minimum absolute atomic E-state index is 0.0876. The van der Waals surface area contributed by atoms with Crippen LogP contribution >= 0.6 is 15.9 Å². The molecule has 0 saturated carbocycles. The average Bonchev–Trinajstić information content (AvgIpc) is 2.53. The summed E-state index contributed by atoms with van der Waals surface area (Å²) in [5.74, 6) is -0.994. The molecule has 1 aromatic rings. The number of carboxylic acid groups (broad SMARTS) is 1. The number of alkyl halides is 1. The van der Waals surface area contributed by atoms with Gasteiger partial charge >= 0.3 is 5.97 Å². The number of hydrogen-bond acceptors (Lipinski definition) is 4. The van der Waals surface area contributed by atoms with Crippen LogP contribution in [0, 0.1) is 0 Å². The van der Waals surface area contributed by atoms with Crippen LogP contribution in [-0.2, 0) is 21.2 Å². The lowest BCUT2D eigenvalue weighted by atomic mass is 10.1. The Morgan fingerprint density at radius 3 is 2.44 bits per heavy atom. The Morgan fingerprint density at radius 2 is 1.80 bits per heavy atom. The Morgan fingerprint density at radius 1 is 1.16 bits per heavy atom. The number of nitrogens with one attached hydrogen (secondary N) is 1. The summed E-state index contributed by atoms with van der Waals surface area (Å²) in [6.45, 7) is 0. The molecule has 0 aliphatic rings. The van der Waals surface area contributed by atoms with Gasteiger partial charge in [0.25, 0.3) is 0 Å². The molecule has 4 N–H and O–H groups in total. The van der Waals surface area contributed by atoms with Crippen LogP contribution in [0.1, 0.15) is 44.1 Å². The number of rotatable bonds is 13. The van der Waals surface area contributed by atoms with Gasteiger partial charge in [-0.25, -0.2) is 8.42 Å². The third-order valence-corrected chi connectivity index (χ3v) is 5.70. The van der Waals surface area contributed by atoms with Crippen molar-refractivity contribution in [3.63, 3.8) is 0 Å². The lowest BCUT2D eigenvalue weighted by Gasteiger charge is -2.11. The third kappa shape index (κ3) is 9.81. The minimum atomic E-state index is -3.40. The zero-order valence-electron chi connectivity index (χ0n) is 14.3. The van der Waals surface area contributed by atoms with Crippen molar-refractivity contribution in [3.05, 3.63) is 29.8 Å². The van der Waals surface area contributed by atoms with Crippen molar-refractivity contribution in [1.82, 2.24) is 0 Å². The molecule has 0 aliphatic carbocycles. The van der Waals surface area contributed by atoms with Gasteiger partial charge in [-0.2, -0.15) is 0 Å². The quantitative estimate of drug-likeness (QED) is 0.326. The Labute approximate surface area is 158 Å². The number of benzene rings is 1. The molecule has 0 heterocycles. The van der Waals surface area contributed by atoms with Crippen LogP contribution in [0.3, 0.4) is 0 Å². The van der Waals surface area contributed by atoms with E-state index in [1.54, 1.807) is 24.3 Å². The average molecular weight is 435 g/mol. The molecule has 142 valence electrons. The highest BCUT2D eigenvalue weighted by Crippen LogP contribution is 2.15. The van der Waals surface area contributed by atoms with Crippen molar-refractivity contribution in [2.45, 2.75) is 51.0 Å². The molecule has 25 heavy (non-hydrogen) atoms. The van der Waals surface area contributed by atoms with Crippen molar-refractivity contribution < 1.29 is 18.3 Å². The van der Waals surface area contributed by atoms with Crippen molar-refractivity contribution in [1.29, 1.82) is 0 Å². The first-order valence-electron chi connectivity index (χ1n) is 8.48. The number of hydrogen-bond donors (Lipinski definition) is 3. The molecular weight excluding hydrogens is 408 g/mol. The van der Waals surface area contributed by atoms with E-state index in [0.717, 1.165) is 31.0 Å². The van der Waals surface area contributed by atoms with E-state index in [1.165, 1.54) is 6.42 Å². The van der Waals surface area contributed by atoms with Gasteiger partial charge in [-0.3, -0.25) is 9.52 Å². The predicted molar refractivity (Wildman–Crippen MR) is 105 cm³/mol. The molecule has 0 fully saturated rings. The van der Waals surface area contributed by atoms with E-state index in [1.807, 2.05) is 0 Å². The van der Waals surface area contributed by atoms with Crippen molar-refractivity contribution in [3.8, 4) is 0 Å². The van der Waals surface area contributed by atoms with Crippen LogP contribution in [0.5, 0.6) is 0 Å². The number of halogens is 1. The molecule has 0 saturated heterocycles. The second-order valence-electron chi connectivity index (χ2n) is 6.08. The number of anilines is 1. The van der Waals surface area contributed by atoms with Gasteiger partial charge in [0, 0.05) is 11.0 Å². The van der Waals surface area contributed by atoms with E-state index in [9.17, 15) is 13.2 Å². The first-order valence-corrected chi connectivity index (χ1v) is 11.3. The molecule has 0 amide bonds. The lowest BCUT2D eigenvalue weighted by Crippen LogP contribution is -2.32. The van der Waals surface area contributed by atoms with Crippen molar-refractivity contribution >= 4 is 37.6 Å². The fourth-order valence-corrected chi connectivity index (χ4v) is 4.00. The Balaban J connectivity index is 2.44. The van der Waals surface area contributed by atoms with Crippen molar-refractivity contribution in [2.24, 2.45) is 5.73 Å². The summed E-state index contributed by atoms with van der Waals surface area (Å²) in [6, 6.07) is 5.68. The molecule has 1 rings (SSSR count). The Kier molecular flexibility index (Phi) is 10.1. The van der Waals surface area contributed by atoms with Crippen molar-refractivity contribution in [2.75, 3.05) is 15.8 Å². The summed E-state index contributed by atoms with van der Waals surface area (Å²) in [7, 11) is -3.40. The van der Waals surface area contributed by atoms with E-state index < -0.39 is 22.0 Å². The first kappa shape index (κ1) is 21.9. The summed E-state index contributed by atoms with van der Waals surface area (Å²) in [5, 5.41) is 9.86. The number of nitrogens with two attached hydrogens (primary N) is 1. The Bertz CT molecular complexity index is 637. The topological polar surface area (TPSA) is 109 Å². The zero-order chi connectivity index (χ0) is 18.7. The maximum atomic E-state index is 12.1. The Hall–Kier alpha value is -1.12. The second kappa shape index (κ2) is 11.5. The van der Waals surface area contributed by atoms with Crippen LogP contribution in [-0.4, -0.2) is 36.6 Å². The van der Waals surface area contributed by atoms with Gasteiger partial charge in [0.1, 0.15) is 6.04 Å². The lowest BCUT2D eigenvalue weighted by molar-refractivity contribution is -0.138. The van der Waals surface area contributed by atoms with Gasteiger partial charge in [-0.1, -0.05) is 53.7 Å². The highest BCUT2D eigenvalue weighted by Gasteiger charge is 2.14. The van der Waals surface area contributed by atoms with Gasteiger partial charge in [-0.15, -0.1) is 0 Å². The minimum Gasteiger partial charge on any atom is -0.480 e. The van der Waals surface area contributed by atoms with Crippen LogP contribution in [0.2, 0.25) is 0 Å². The van der Waals surface area contributed by atoms with Crippen LogP contribution in [0.4, 0.5) is 5.69 Å².